The first-order valence-electron chi connectivity index (χ1n) is 6.91. The number of carbonyl (C=O) groups excluding carboxylic acids is 1. The molecule has 0 heterocycles. The van der Waals surface area contributed by atoms with E-state index in [9.17, 15) is 4.79 Å². The second kappa shape index (κ2) is 7.14. The molecule has 1 N–H and O–H groups in total. The minimum Gasteiger partial charge on any atom is -0.489 e. The van der Waals surface area contributed by atoms with Gasteiger partial charge in [-0.3, -0.25) is 4.79 Å². The summed E-state index contributed by atoms with van der Waals surface area (Å²) in [5.41, 5.74) is 0.746. The molecule has 104 valence electrons. The van der Waals surface area contributed by atoms with Crippen LogP contribution in [-0.4, -0.2) is 25.7 Å². The number of amides is 1. The van der Waals surface area contributed by atoms with E-state index in [1.54, 1.807) is 0 Å². The zero-order valence-electron chi connectivity index (χ0n) is 11.4. The summed E-state index contributed by atoms with van der Waals surface area (Å²) >= 11 is 0. The smallest absolute Gasteiger partial charge is 0.227 e. The van der Waals surface area contributed by atoms with Gasteiger partial charge in [-0.05, 0) is 31.9 Å². The third-order valence-corrected chi connectivity index (χ3v) is 3.31. The number of para-hydroxylation sites is 2. The Morgan fingerprint density at radius 2 is 2.11 bits per heavy atom. The van der Waals surface area contributed by atoms with E-state index in [-0.39, 0.29) is 11.8 Å². The van der Waals surface area contributed by atoms with E-state index in [0.29, 0.717) is 25.6 Å². The average Bonchev–Trinajstić information content (AvgIpc) is 2.34. The van der Waals surface area contributed by atoms with Crippen LogP contribution in [0, 0.1) is 5.92 Å². The third kappa shape index (κ3) is 3.96. The molecule has 0 aromatic heterocycles. The molecule has 1 aliphatic rings. The highest BCUT2D eigenvalue weighted by atomic mass is 16.5. The van der Waals surface area contributed by atoms with Crippen molar-refractivity contribution in [2.45, 2.75) is 26.2 Å². The fourth-order valence-corrected chi connectivity index (χ4v) is 1.96. The largest absolute Gasteiger partial charge is 0.489 e. The molecular weight excluding hydrogens is 242 g/mol. The first-order chi connectivity index (χ1) is 9.31. The van der Waals surface area contributed by atoms with Gasteiger partial charge in [0.05, 0.1) is 12.3 Å². The third-order valence-electron chi connectivity index (χ3n) is 3.31. The van der Waals surface area contributed by atoms with Crippen molar-refractivity contribution in [1.82, 2.24) is 0 Å². The lowest BCUT2D eigenvalue weighted by atomic mass is 9.85. The molecular formula is C15H21NO3. The number of hydrogen-bond acceptors (Lipinski definition) is 3. The number of nitrogens with one attached hydrogen (secondary N) is 1. The second-order valence-corrected chi connectivity index (χ2v) is 4.66. The van der Waals surface area contributed by atoms with Crippen LogP contribution in [0.1, 0.15) is 26.2 Å². The van der Waals surface area contributed by atoms with Crippen molar-refractivity contribution in [1.29, 1.82) is 0 Å². The number of ether oxygens (including phenoxy) is 2. The first-order valence-corrected chi connectivity index (χ1v) is 6.91. The lowest BCUT2D eigenvalue weighted by molar-refractivity contribution is -0.122. The van der Waals surface area contributed by atoms with E-state index < -0.39 is 0 Å². The average molecular weight is 263 g/mol. The molecule has 1 aliphatic carbocycles. The highest BCUT2D eigenvalue weighted by Gasteiger charge is 2.25. The molecule has 2 rings (SSSR count). The maximum Gasteiger partial charge on any atom is 0.227 e. The van der Waals surface area contributed by atoms with Crippen LogP contribution in [-0.2, 0) is 9.53 Å². The van der Waals surface area contributed by atoms with Crippen molar-refractivity contribution in [2.24, 2.45) is 5.92 Å². The standard InChI is InChI=1S/C15H21NO3/c1-2-18-10-11-19-14-9-4-3-8-13(14)16-15(17)12-6-5-7-12/h3-4,8-9,12H,2,5-7,10-11H2,1H3,(H,16,17). The molecule has 0 bridgehead atoms. The van der Waals surface area contributed by atoms with Crippen molar-refractivity contribution in [3.8, 4) is 5.75 Å². The summed E-state index contributed by atoms with van der Waals surface area (Å²) in [5, 5.41) is 2.95. The van der Waals surface area contributed by atoms with Crippen molar-refractivity contribution in [3.63, 3.8) is 0 Å². The fraction of sp³-hybridized carbons (Fsp3) is 0.533. The Morgan fingerprint density at radius 3 is 2.79 bits per heavy atom. The van der Waals surface area contributed by atoms with E-state index >= 15 is 0 Å². The van der Waals surface area contributed by atoms with Crippen LogP contribution in [0.2, 0.25) is 0 Å². The maximum absolute atomic E-state index is 11.9. The van der Waals surface area contributed by atoms with Gasteiger partial charge >= 0.3 is 0 Å². The number of carbonyl (C=O) groups is 1. The minimum atomic E-state index is 0.104. The van der Waals surface area contributed by atoms with E-state index in [1.165, 1.54) is 0 Å². The molecule has 1 aromatic rings. The monoisotopic (exact) mass is 263 g/mol. The van der Waals surface area contributed by atoms with Crippen LogP contribution in [0.5, 0.6) is 5.75 Å². The van der Waals surface area contributed by atoms with Gasteiger partial charge in [-0.25, -0.2) is 0 Å². The molecule has 0 spiro atoms. The van der Waals surface area contributed by atoms with Gasteiger partial charge in [0, 0.05) is 12.5 Å². The van der Waals surface area contributed by atoms with Crippen molar-refractivity contribution in [2.75, 3.05) is 25.1 Å². The Bertz CT molecular complexity index is 416. The number of hydrogen-bond donors (Lipinski definition) is 1. The van der Waals surface area contributed by atoms with Crippen LogP contribution in [0.25, 0.3) is 0 Å². The molecule has 0 unspecified atom stereocenters. The first kappa shape index (κ1) is 13.9. The van der Waals surface area contributed by atoms with Crippen LogP contribution in [0.4, 0.5) is 5.69 Å². The second-order valence-electron chi connectivity index (χ2n) is 4.66. The van der Waals surface area contributed by atoms with Crippen molar-refractivity contribution < 1.29 is 14.3 Å². The molecule has 0 radical (unpaired) electrons. The maximum atomic E-state index is 11.9. The Morgan fingerprint density at radius 1 is 1.32 bits per heavy atom. The van der Waals surface area contributed by atoms with Gasteiger partial charge in [-0.2, -0.15) is 0 Å². The van der Waals surface area contributed by atoms with Gasteiger partial charge in [0.2, 0.25) is 5.91 Å². The van der Waals surface area contributed by atoms with Gasteiger partial charge in [0.25, 0.3) is 0 Å². The van der Waals surface area contributed by atoms with E-state index in [2.05, 4.69) is 5.32 Å². The molecule has 4 heteroatoms. The predicted molar refractivity (Wildman–Crippen MR) is 74.4 cm³/mol. The molecule has 1 saturated carbocycles. The van der Waals surface area contributed by atoms with Crippen LogP contribution in [0.15, 0.2) is 24.3 Å². The number of benzene rings is 1. The summed E-state index contributed by atoms with van der Waals surface area (Å²) in [6.07, 6.45) is 3.16. The summed E-state index contributed by atoms with van der Waals surface area (Å²) < 4.78 is 10.9. The molecule has 0 atom stereocenters. The fourth-order valence-electron chi connectivity index (χ4n) is 1.96. The summed E-state index contributed by atoms with van der Waals surface area (Å²) in [4.78, 5) is 11.9. The van der Waals surface area contributed by atoms with Gasteiger partial charge in [0.15, 0.2) is 0 Å². The summed E-state index contributed by atoms with van der Waals surface area (Å²) in [5.74, 6) is 0.985. The summed E-state index contributed by atoms with van der Waals surface area (Å²) in [6.45, 7) is 3.68. The van der Waals surface area contributed by atoms with Gasteiger partial charge in [-0.1, -0.05) is 18.6 Å². The molecule has 1 fully saturated rings. The molecule has 1 aromatic carbocycles. The molecule has 4 nitrogen and oxygen atoms in total. The zero-order chi connectivity index (χ0) is 13.5. The highest BCUT2D eigenvalue weighted by molar-refractivity contribution is 5.94. The molecule has 1 amide bonds. The minimum absolute atomic E-state index is 0.104. The lowest BCUT2D eigenvalue weighted by Crippen LogP contribution is -2.28. The van der Waals surface area contributed by atoms with Crippen molar-refractivity contribution in [3.05, 3.63) is 24.3 Å². The van der Waals surface area contributed by atoms with Crippen LogP contribution >= 0.6 is 0 Å². The van der Waals surface area contributed by atoms with E-state index in [0.717, 1.165) is 24.9 Å². The molecule has 19 heavy (non-hydrogen) atoms. The normalized spacial score (nSPS) is 14.8. The number of anilines is 1. The summed E-state index contributed by atoms with van der Waals surface area (Å²) in [6, 6.07) is 7.52. The molecule has 0 saturated heterocycles. The van der Waals surface area contributed by atoms with E-state index in [1.807, 2.05) is 31.2 Å². The van der Waals surface area contributed by atoms with Gasteiger partial charge < -0.3 is 14.8 Å². The zero-order valence-corrected chi connectivity index (χ0v) is 11.4. The van der Waals surface area contributed by atoms with Gasteiger partial charge in [-0.15, -0.1) is 0 Å². The Labute approximate surface area is 114 Å². The Kier molecular flexibility index (Phi) is 5.21. The van der Waals surface area contributed by atoms with Crippen molar-refractivity contribution >= 4 is 11.6 Å². The van der Waals surface area contributed by atoms with E-state index in [4.69, 9.17) is 9.47 Å². The quantitative estimate of drug-likeness (QED) is 0.769. The van der Waals surface area contributed by atoms with Crippen LogP contribution < -0.4 is 10.1 Å². The Hall–Kier alpha value is -1.55. The highest BCUT2D eigenvalue weighted by Crippen LogP contribution is 2.30. The summed E-state index contributed by atoms with van der Waals surface area (Å²) in [7, 11) is 0. The topological polar surface area (TPSA) is 47.6 Å². The predicted octanol–water partition coefficient (Wildman–Crippen LogP) is 2.84. The lowest BCUT2D eigenvalue weighted by Gasteiger charge is -2.24. The number of rotatable bonds is 7. The Balaban J connectivity index is 1.89. The molecule has 0 aliphatic heterocycles. The van der Waals surface area contributed by atoms with Gasteiger partial charge in [0.1, 0.15) is 12.4 Å². The SMILES string of the molecule is CCOCCOc1ccccc1NC(=O)C1CCC1. The van der Waals surface area contributed by atoms with Crippen LogP contribution in [0.3, 0.4) is 0 Å².